The van der Waals surface area contributed by atoms with Gasteiger partial charge in [-0.15, -0.1) is 11.3 Å². The summed E-state index contributed by atoms with van der Waals surface area (Å²) >= 11 is 7.42. The van der Waals surface area contributed by atoms with Crippen LogP contribution < -0.4 is 4.72 Å². The van der Waals surface area contributed by atoms with E-state index in [0.29, 0.717) is 22.8 Å². The molecule has 1 amide bonds. The van der Waals surface area contributed by atoms with Crippen LogP contribution in [-0.4, -0.2) is 26.3 Å². The first-order valence-electron chi connectivity index (χ1n) is 8.43. The Bertz CT molecular complexity index is 1080. The molecule has 0 aliphatic carbocycles. The number of benzene rings is 2. The van der Waals surface area contributed by atoms with E-state index in [4.69, 9.17) is 11.6 Å². The van der Waals surface area contributed by atoms with Gasteiger partial charge < -0.3 is 4.90 Å². The number of nitrogens with one attached hydrogen (secondary N) is 1. The fourth-order valence-electron chi connectivity index (χ4n) is 2.58. The van der Waals surface area contributed by atoms with Crippen molar-refractivity contribution >= 4 is 44.6 Å². The van der Waals surface area contributed by atoms with Crippen LogP contribution in [0.15, 0.2) is 64.9 Å². The second kappa shape index (κ2) is 8.34. The number of carbonyl (C=O) groups excluding carboxylic acids is 1. The summed E-state index contributed by atoms with van der Waals surface area (Å²) in [5.74, 6) is -0.164. The van der Waals surface area contributed by atoms with Crippen molar-refractivity contribution in [1.29, 1.82) is 0 Å². The van der Waals surface area contributed by atoms with E-state index < -0.39 is 10.0 Å². The molecule has 0 fully saturated rings. The van der Waals surface area contributed by atoms with Gasteiger partial charge in [0.1, 0.15) is 0 Å². The van der Waals surface area contributed by atoms with Gasteiger partial charge in [0.2, 0.25) is 0 Å². The van der Waals surface area contributed by atoms with Crippen LogP contribution in [0.3, 0.4) is 0 Å². The molecule has 28 heavy (non-hydrogen) atoms. The van der Waals surface area contributed by atoms with Crippen LogP contribution in [0, 0.1) is 6.92 Å². The van der Waals surface area contributed by atoms with E-state index in [1.165, 1.54) is 24.3 Å². The van der Waals surface area contributed by atoms with Crippen molar-refractivity contribution in [3.05, 3.63) is 81.0 Å². The lowest BCUT2D eigenvalue weighted by Gasteiger charge is -2.17. The zero-order chi connectivity index (χ0) is 20.3. The second-order valence-corrected chi connectivity index (χ2v) is 9.44. The number of rotatable bonds is 6. The topological polar surface area (TPSA) is 66.5 Å². The fourth-order valence-corrected chi connectivity index (χ4v) is 4.73. The third-order valence-corrected chi connectivity index (χ3v) is 6.86. The number of halogens is 1. The van der Waals surface area contributed by atoms with E-state index in [2.05, 4.69) is 4.72 Å². The Morgan fingerprint density at radius 3 is 2.29 bits per heavy atom. The number of sulfonamides is 1. The molecule has 146 valence electrons. The number of anilines is 1. The van der Waals surface area contributed by atoms with Gasteiger partial charge in [0.15, 0.2) is 0 Å². The highest BCUT2D eigenvalue weighted by atomic mass is 35.5. The number of thiophene rings is 1. The summed E-state index contributed by atoms with van der Waals surface area (Å²) in [6, 6.07) is 14.3. The smallest absolute Gasteiger partial charge is 0.261 e. The minimum absolute atomic E-state index is 0.0794. The third-order valence-electron chi connectivity index (χ3n) is 4.20. The van der Waals surface area contributed by atoms with Crippen LogP contribution in [0.25, 0.3) is 0 Å². The number of amides is 1. The SMILES string of the molecule is Cc1ccsc1CN(C)C(=O)c1ccc(S(=O)(=O)Nc2ccc(Cl)cc2)cc1. The second-order valence-electron chi connectivity index (χ2n) is 6.32. The zero-order valence-corrected chi connectivity index (χ0v) is 17.7. The Balaban J connectivity index is 1.72. The van der Waals surface area contributed by atoms with Gasteiger partial charge in [0, 0.05) is 28.2 Å². The highest BCUT2D eigenvalue weighted by Crippen LogP contribution is 2.21. The molecule has 1 N–H and O–H groups in total. The predicted molar refractivity (Wildman–Crippen MR) is 114 cm³/mol. The average Bonchev–Trinajstić information content (AvgIpc) is 3.07. The van der Waals surface area contributed by atoms with Crippen LogP contribution >= 0.6 is 22.9 Å². The summed E-state index contributed by atoms with van der Waals surface area (Å²) < 4.78 is 27.5. The number of hydrogen-bond acceptors (Lipinski definition) is 4. The fraction of sp³-hybridized carbons (Fsp3) is 0.150. The van der Waals surface area contributed by atoms with Crippen molar-refractivity contribution in [2.24, 2.45) is 0 Å². The van der Waals surface area contributed by atoms with Crippen LogP contribution in [0.4, 0.5) is 5.69 Å². The van der Waals surface area contributed by atoms with E-state index in [-0.39, 0.29) is 10.8 Å². The van der Waals surface area contributed by atoms with Crippen molar-refractivity contribution < 1.29 is 13.2 Å². The van der Waals surface area contributed by atoms with Crippen LogP contribution in [-0.2, 0) is 16.6 Å². The molecule has 0 spiro atoms. The Kier molecular flexibility index (Phi) is 6.07. The van der Waals surface area contributed by atoms with Gasteiger partial charge in [-0.2, -0.15) is 0 Å². The highest BCUT2D eigenvalue weighted by Gasteiger charge is 2.17. The summed E-state index contributed by atoms with van der Waals surface area (Å²) in [7, 11) is -2.02. The van der Waals surface area contributed by atoms with Crippen molar-refractivity contribution in [3.63, 3.8) is 0 Å². The lowest BCUT2D eigenvalue weighted by atomic mass is 10.2. The first-order chi connectivity index (χ1) is 13.3. The van der Waals surface area contributed by atoms with E-state index in [0.717, 1.165) is 10.4 Å². The Hall–Kier alpha value is -2.35. The van der Waals surface area contributed by atoms with Crippen molar-refractivity contribution in [2.45, 2.75) is 18.4 Å². The maximum absolute atomic E-state index is 12.6. The van der Waals surface area contributed by atoms with E-state index in [1.807, 2.05) is 18.4 Å². The lowest BCUT2D eigenvalue weighted by Crippen LogP contribution is -2.26. The molecule has 0 atom stereocenters. The molecule has 5 nitrogen and oxygen atoms in total. The average molecular weight is 435 g/mol. The molecule has 3 rings (SSSR count). The maximum Gasteiger partial charge on any atom is 0.261 e. The van der Waals surface area contributed by atoms with Crippen LogP contribution in [0.2, 0.25) is 5.02 Å². The van der Waals surface area contributed by atoms with E-state index >= 15 is 0 Å². The summed E-state index contributed by atoms with van der Waals surface area (Å²) in [5.41, 5.74) is 2.00. The van der Waals surface area contributed by atoms with Gasteiger partial charge >= 0.3 is 0 Å². The minimum Gasteiger partial charge on any atom is -0.337 e. The van der Waals surface area contributed by atoms with Crippen LogP contribution in [0.5, 0.6) is 0 Å². The molecule has 0 unspecified atom stereocenters. The Labute approximate surface area is 173 Å². The molecule has 1 heterocycles. The summed E-state index contributed by atoms with van der Waals surface area (Å²) in [4.78, 5) is 15.4. The van der Waals surface area contributed by atoms with E-state index in [9.17, 15) is 13.2 Å². The molecule has 8 heteroatoms. The monoisotopic (exact) mass is 434 g/mol. The highest BCUT2D eigenvalue weighted by molar-refractivity contribution is 7.92. The molecule has 0 aliphatic rings. The summed E-state index contributed by atoms with van der Waals surface area (Å²) in [6.07, 6.45) is 0. The molecule has 2 aromatic carbocycles. The number of nitrogens with zero attached hydrogens (tertiary/aromatic N) is 1. The first-order valence-corrected chi connectivity index (χ1v) is 11.2. The zero-order valence-electron chi connectivity index (χ0n) is 15.3. The minimum atomic E-state index is -3.75. The van der Waals surface area contributed by atoms with Gasteiger partial charge in [-0.05, 0) is 72.5 Å². The largest absolute Gasteiger partial charge is 0.337 e. The molecule has 1 aromatic heterocycles. The molecule has 0 bridgehead atoms. The lowest BCUT2D eigenvalue weighted by molar-refractivity contribution is 0.0786. The predicted octanol–water partition coefficient (Wildman–Crippen LogP) is 4.78. The van der Waals surface area contributed by atoms with Crippen molar-refractivity contribution in [2.75, 3.05) is 11.8 Å². The van der Waals surface area contributed by atoms with Crippen LogP contribution in [0.1, 0.15) is 20.8 Å². The van der Waals surface area contributed by atoms with Gasteiger partial charge in [-0.25, -0.2) is 8.42 Å². The van der Waals surface area contributed by atoms with Gasteiger partial charge in [-0.1, -0.05) is 11.6 Å². The molecular weight excluding hydrogens is 416 g/mol. The number of aryl methyl sites for hydroxylation is 1. The normalized spacial score (nSPS) is 11.2. The van der Waals surface area contributed by atoms with Gasteiger partial charge in [-0.3, -0.25) is 9.52 Å². The molecule has 3 aromatic rings. The van der Waals surface area contributed by atoms with Gasteiger partial charge in [0.25, 0.3) is 15.9 Å². The molecule has 0 saturated carbocycles. The number of carbonyl (C=O) groups is 1. The van der Waals surface area contributed by atoms with E-state index in [1.54, 1.807) is 47.5 Å². The summed E-state index contributed by atoms with van der Waals surface area (Å²) in [6.45, 7) is 2.53. The first kappa shape index (κ1) is 20.4. The summed E-state index contributed by atoms with van der Waals surface area (Å²) in [5, 5.41) is 2.52. The molecular formula is C20H19ClN2O3S2. The number of hydrogen-bond donors (Lipinski definition) is 1. The Morgan fingerprint density at radius 1 is 1.07 bits per heavy atom. The Morgan fingerprint density at radius 2 is 1.71 bits per heavy atom. The maximum atomic E-state index is 12.6. The molecule has 0 saturated heterocycles. The standard InChI is InChI=1S/C20H19ClN2O3S2/c1-14-11-12-27-19(14)13-23(2)20(24)15-3-9-18(10-4-15)28(25,26)22-17-7-5-16(21)6-8-17/h3-12,22H,13H2,1-2H3. The molecule has 0 radical (unpaired) electrons. The van der Waals surface area contributed by atoms with Gasteiger partial charge in [0.05, 0.1) is 11.4 Å². The van der Waals surface area contributed by atoms with Crippen molar-refractivity contribution in [1.82, 2.24) is 4.90 Å². The molecule has 0 aliphatic heterocycles. The van der Waals surface area contributed by atoms with Crippen molar-refractivity contribution in [3.8, 4) is 0 Å². The third kappa shape index (κ3) is 4.73. The quantitative estimate of drug-likeness (QED) is 0.606.